The standard InChI is InChI=1S/C12H22N2O2/c1-4-15-8-6-14(3)10-12-11(9-13-2)5-7-16-12/h5,7,13H,4,6,8-10H2,1-3H3. The Kier molecular flexibility index (Phi) is 6.15. The van der Waals surface area contributed by atoms with Crippen LogP contribution in [0.15, 0.2) is 16.7 Å². The molecule has 0 aliphatic heterocycles. The summed E-state index contributed by atoms with van der Waals surface area (Å²) in [7, 11) is 4.01. The Bertz CT molecular complexity index is 286. The van der Waals surface area contributed by atoms with Gasteiger partial charge >= 0.3 is 0 Å². The van der Waals surface area contributed by atoms with Gasteiger partial charge in [0.05, 0.1) is 19.4 Å². The van der Waals surface area contributed by atoms with Crippen molar-refractivity contribution in [3.63, 3.8) is 0 Å². The minimum absolute atomic E-state index is 0.773. The molecule has 1 N–H and O–H groups in total. The number of hydrogen-bond acceptors (Lipinski definition) is 4. The van der Waals surface area contributed by atoms with Crippen molar-refractivity contribution in [3.8, 4) is 0 Å². The molecule has 0 spiro atoms. The molecule has 0 unspecified atom stereocenters. The molecule has 0 saturated heterocycles. The van der Waals surface area contributed by atoms with Crippen LogP contribution in [-0.4, -0.2) is 38.8 Å². The molecule has 1 rings (SSSR count). The topological polar surface area (TPSA) is 37.6 Å². The highest BCUT2D eigenvalue weighted by atomic mass is 16.5. The number of nitrogens with one attached hydrogen (secondary N) is 1. The van der Waals surface area contributed by atoms with E-state index in [9.17, 15) is 0 Å². The second-order valence-corrected chi connectivity index (χ2v) is 3.83. The van der Waals surface area contributed by atoms with Crippen LogP contribution in [0.4, 0.5) is 0 Å². The summed E-state index contributed by atoms with van der Waals surface area (Å²) in [5.41, 5.74) is 1.23. The van der Waals surface area contributed by atoms with E-state index in [1.807, 2.05) is 20.0 Å². The number of hydrogen-bond donors (Lipinski definition) is 1. The average molecular weight is 226 g/mol. The Labute approximate surface area is 97.6 Å². The van der Waals surface area contributed by atoms with E-state index in [2.05, 4.69) is 17.3 Å². The maximum atomic E-state index is 5.47. The van der Waals surface area contributed by atoms with Crippen LogP contribution in [-0.2, 0) is 17.8 Å². The van der Waals surface area contributed by atoms with Gasteiger partial charge in [-0.25, -0.2) is 0 Å². The highest BCUT2D eigenvalue weighted by Crippen LogP contribution is 2.12. The first-order chi connectivity index (χ1) is 7.77. The van der Waals surface area contributed by atoms with Crippen LogP contribution in [0.3, 0.4) is 0 Å². The Balaban J connectivity index is 2.36. The molecule has 0 aliphatic rings. The molecule has 1 aromatic rings. The van der Waals surface area contributed by atoms with Gasteiger partial charge in [0.15, 0.2) is 0 Å². The van der Waals surface area contributed by atoms with Gasteiger partial charge in [-0.3, -0.25) is 4.90 Å². The van der Waals surface area contributed by atoms with Gasteiger partial charge in [-0.1, -0.05) is 0 Å². The fraction of sp³-hybridized carbons (Fsp3) is 0.667. The van der Waals surface area contributed by atoms with Crippen LogP contribution in [0, 0.1) is 0 Å². The van der Waals surface area contributed by atoms with Crippen LogP contribution >= 0.6 is 0 Å². The second kappa shape index (κ2) is 7.44. The molecule has 0 saturated carbocycles. The van der Waals surface area contributed by atoms with Crippen LogP contribution in [0.1, 0.15) is 18.2 Å². The zero-order chi connectivity index (χ0) is 11.8. The highest BCUT2D eigenvalue weighted by Gasteiger charge is 2.08. The minimum Gasteiger partial charge on any atom is -0.468 e. The predicted molar refractivity (Wildman–Crippen MR) is 64.3 cm³/mol. The molecule has 0 amide bonds. The molecular weight excluding hydrogens is 204 g/mol. The largest absolute Gasteiger partial charge is 0.468 e. The van der Waals surface area contributed by atoms with Crippen molar-refractivity contribution in [3.05, 3.63) is 23.7 Å². The van der Waals surface area contributed by atoms with Crippen LogP contribution < -0.4 is 5.32 Å². The Morgan fingerprint density at radius 2 is 2.31 bits per heavy atom. The molecule has 1 aromatic heterocycles. The van der Waals surface area contributed by atoms with Gasteiger partial charge in [0, 0.05) is 25.3 Å². The van der Waals surface area contributed by atoms with E-state index in [-0.39, 0.29) is 0 Å². The molecule has 0 radical (unpaired) electrons. The summed E-state index contributed by atoms with van der Waals surface area (Å²) < 4.78 is 10.8. The predicted octanol–water partition coefficient (Wildman–Crippen LogP) is 1.47. The van der Waals surface area contributed by atoms with Gasteiger partial charge in [-0.15, -0.1) is 0 Å². The van der Waals surface area contributed by atoms with E-state index < -0.39 is 0 Å². The van der Waals surface area contributed by atoms with Crippen molar-refractivity contribution in [1.29, 1.82) is 0 Å². The van der Waals surface area contributed by atoms with Gasteiger partial charge in [0.25, 0.3) is 0 Å². The third kappa shape index (κ3) is 4.35. The number of ether oxygens (including phenoxy) is 1. The van der Waals surface area contributed by atoms with Crippen LogP contribution in [0.2, 0.25) is 0 Å². The zero-order valence-electron chi connectivity index (χ0n) is 10.5. The monoisotopic (exact) mass is 226 g/mol. The Hall–Kier alpha value is -0.840. The van der Waals surface area contributed by atoms with Crippen molar-refractivity contribution in [2.24, 2.45) is 0 Å². The van der Waals surface area contributed by atoms with Crippen molar-refractivity contribution in [2.45, 2.75) is 20.0 Å². The fourth-order valence-corrected chi connectivity index (χ4v) is 1.54. The van der Waals surface area contributed by atoms with Crippen molar-refractivity contribution < 1.29 is 9.15 Å². The summed E-state index contributed by atoms with van der Waals surface area (Å²) in [6.07, 6.45) is 1.75. The lowest BCUT2D eigenvalue weighted by atomic mass is 10.2. The molecule has 0 atom stereocenters. The van der Waals surface area contributed by atoms with Gasteiger partial charge in [0.2, 0.25) is 0 Å². The molecule has 4 heteroatoms. The van der Waals surface area contributed by atoms with Crippen molar-refractivity contribution >= 4 is 0 Å². The van der Waals surface area contributed by atoms with E-state index in [1.165, 1.54) is 5.56 Å². The molecular formula is C12H22N2O2. The number of nitrogens with zero attached hydrogens (tertiary/aromatic N) is 1. The van der Waals surface area contributed by atoms with E-state index in [0.29, 0.717) is 0 Å². The van der Waals surface area contributed by atoms with E-state index in [4.69, 9.17) is 9.15 Å². The fourth-order valence-electron chi connectivity index (χ4n) is 1.54. The molecule has 0 bridgehead atoms. The van der Waals surface area contributed by atoms with Crippen molar-refractivity contribution in [2.75, 3.05) is 33.9 Å². The third-order valence-electron chi connectivity index (χ3n) is 2.44. The van der Waals surface area contributed by atoms with Gasteiger partial charge < -0.3 is 14.5 Å². The summed E-state index contributed by atoms with van der Waals surface area (Å²) in [6, 6.07) is 2.02. The summed E-state index contributed by atoms with van der Waals surface area (Å²) in [6.45, 7) is 6.17. The molecule has 1 heterocycles. The Morgan fingerprint density at radius 3 is 3.00 bits per heavy atom. The zero-order valence-corrected chi connectivity index (χ0v) is 10.5. The van der Waals surface area contributed by atoms with E-state index >= 15 is 0 Å². The lowest BCUT2D eigenvalue weighted by Crippen LogP contribution is -2.23. The SMILES string of the molecule is CCOCCN(C)Cc1occc1CNC. The van der Waals surface area contributed by atoms with Crippen molar-refractivity contribution in [1.82, 2.24) is 10.2 Å². The molecule has 0 fully saturated rings. The van der Waals surface area contributed by atoms with Crippen LogP contribution in [0.5, 0.6) is 0 Å². The normalized spacial score (nSPS) is 11.2. The summed E-state index contributed by atoms with van der Waals surface area (Å²) in [5, 5.41) is 3.13. The highest BCUT2D eigenvalue weighted by molar-refractivity contribution is 5.16. The van der Waals surface area contributed by atoms with Gasteiger partial charge in [-0.05, 0) is 27.1 Å². The van der Waals surface area contributed by atoms with E-state index in [1.54, 1.807) is 6.26 Å². The average Bonchev–Trinajstić information content (AvgIpc) is 2.67. The summed E-state index contributed by atoms with van der Waals surface area (Å²) in [5.74, 6) is 1.04. The van der Waals surface area contributed by atoms with Gasteiger partial charge in [-0.2, -0.15) is 0 Å². The molecule has 4 nitrogen and oxygen atoms in total. The van der Waals surface area contributed by atoms with Gasteiger partial charge in [0.1, 0.15) is 5.76 Å². The Morgan fingerprint density at radius 1 is 1.50 bits per heavy atom. The first kappa shape index (κ1) is 13.2. The smallest absolute Gasteiger partial charge is 0.122 e. The minimum atomic E-state index is 0.773. The maximum absolute atomic E-state index is 5.47. The van der Waals surface area contributed by atoms with Crippen LogP contribution in [0.25, 0.3) is 0 Å². The number of furan rings is 1. The summed E-state index contributed by atoms with van der Waals surface area (Å²) >= 11 is 0. The first-order valence-electron chi connectivity index (χ1n) is 5.74. The lowest BCUT2D eigenvalue weighted by molar-refractivity contribution is 0.118. The maximum Gasteiger partial charge on any atom is 0.122 e. The molecule has 0 aliphatic carbocycles. The number of likely N-dealkylation sites (N-methyl/N-ethyl adjacent to an activating group) is 1. The first-order valence-corrected chi connectivity index (χ1v) is 5.74. The molecule has 0 aromatic carbocycles. The van der Waals surface area contributed by atoms with E-state index in [0.717, 1.165) is 38.6 Å². The summed E-state index contributed by atoms with van der Waals surface area (Å²) in [4.78, 5) is 2.20. The molecule has 92 valence electrons. The third-order valence-corrected chi connectivity index (χ3v) is 2.44. The number of rotatable bonds is 8. The second-order valence-electron chi connectivity index (χ2n) is 3.83. The quantitative estimate of drug-likeness (QED) is 0.681. The molecule has 16 heavy (non-hydrogen) atoms. The lowest BCUT2D eigenvalue weighted by Gasteiger charge is -2.15.